The average molecular weight is 528 g/mol. The van der Waals surface area contributed by atoms with Gasteiger partial charge in [-0.05, 0) is 82.5 Å². The summed E-state index contributed by atoms with van der Waals surface area (Å²) in [7, 11) is 3.45. The highest BCUT2D eigenvalue weighted by Gasteiger charge is 2.34. The molecule has 21 heavy (non-hydrogen) atoms. The second kappa shape index (κ2) is 6.78. The lowest BCUT2D eigenvalue weighted by Crippen LogP contribution is -2.30. The number of hydrogen-bond acceptors (Lipinski definition) is 3. The normalized spacial score (nSPS) is 17.1. The van der Waals surface area contributed by atoms with Crippen LogP contribution in [0.15, 0.2) is 17.8 Å². The molecule has 0 saturated carbocycles. The largest absolute Gasteiger partial charge is 0.495 e. The van der Waals surface area contributed by atoms with E-state index in [0.29, 0.717) is 17.4 Å². The van der Waals surface area contributed by atoms with Crippen molar-refractivity contribution in [2.75, 3.05) is 20.7 Å². The molecule has 0 bridgehead atoms. The van der Waals surface area contributed by atoms with Gasteiger partial charge in [0.1, 0.15) is 11.4 Å². The molecule has 0 unspecified atom stereocenters. The number of halogens is 2. The van der Waals surface area contributed by atoms with Crippen molar-refractivity contribution in [2.45, 2.75) is 6.92 Å². The van der Waals surface area contributed by atoms with Crippen LogP contribution in [0.4, 0.5) is 0 Å². The molecule has 0 aliphatic carbocycles. The number of carbonyl (C=O) groups is 1. The van der Waals surface area contributed by atoms with Gasteiger partial charge in [-0.2, -0.15) is 0 Å². The molecule has 1 fully saturated rings. The average Bonchev–Trinajstić information content (AvgIpc) is 2.62. The zero-order valence-electron chi connectivity index (χ0n) is 11.8. The first-order valence-electron chi connectivity index (χ1n) is 6.25. The van der Waals surface area contributed by atoms with Crippen LogP contribution in [0, 0.1) is 7.14 Å². The summed E-state index contributed by atoms with van der Waals surface area (Å²) in [6.45, 7) is 2.48. The van der Waals surface area contributed by atoms with E-state index in [1.54, 1.807) is 16.9 Å². The Balaban J connectivity index is 2.54. The fourth-order valence-electron chi connectivity index (χ4n) is 2.14. The Morgan fingerprint density at radius 2 is 2.05 bits per heavy atom. The van der Waals surface area contributed by atoms with Crippen LogP contribution in [0.2, 0.25) is 0 Å². The van der Waals surface area contributed by atoms with Crippen LogP contribution in [0.3, 0.4) is 0 Å². The monoisotopic (exact) mass is 528 g/mol. The van der Waals surface area contributed by atoms with Gasteiger partial charge in [0, 0.05) is 22.7 Å². The maximum Gasteiger partial charge on any atom is 0.276 e. The Morgan fingerprint density at radius 1 is 1.38 bits per heavy atom. The van der Waals surface area contributed by atoms with E-state index < -0.39 is 0 Å². The molecule has 112 valence electrons. The second-order valence-electron chi connectivity index (χ2n) is 4.43. The van der Waals surface area contributed by atoms with Crippen molar-refractivity contribution in [3.8, 4) is 5.75 Å². The Kier molecular flexibility index (Phi) is 5.47. The van der Waals surface area contributed by atoms with Crippen LogP contribution in [-0.4, -0.2) is 41.5 Å². The Bertz CT molecular complexity index is 646. The maximum absolute atomic E-state index is 12.4. The summed E-state index contributed by atoms with van der Waals surface area (Å²) >= 11 is 9.78. The number of nitrogens with zero attached hydrogens (tertiary/aromatic N) is 2. The number of amides is 1. The first-order valence-corrected chi connectivity index (χ1v) is 8.81. The smallest absolute Gasteiger partial charge is 0.276 e. The van der Waals surface area contributed by atoms with Crippen LogP contribution in [0.25, 0.3) is 6.08 Å². The van der Waals surface area contributed by atoms with Crippen molar-refractivity contribution in [1.82, 2.24) is 9.80 Å². The highest BCUT2D eigenvalue weighted by Crippen LogP contribution is 2.31. The van der Waals surface area contributed by atoms with Gasteiger partial charge in [-0.1, -0.05) is 0 Å². The van der Waals surface area contributed by atoms with E-state index >= 15 is 0 Å². The van der Waals surface area contributed by atoms with Gasteiger partial charge in [0.2, 0.25) is 0 Å². The first kappa shape index (κ1) is 16.9. The number of ether oxygens (including phenoxy) is 1. The highest BCUT2D eigenvalue weighted by atomic mass is 127. The summed E-state index contributed by atoms with van der Waals surface area (Å²) in [5.41, 5.74) is 1.45. The van der Waals surface area contributed by atoms with Gasteiger partial charge in [-0.25, -0.2) is 0 Å². The predicted octanol–water partition coefficient (Wildman–Crippen LogP) is 3.32. The number of likely N-dealkylation sites (N-methyl/N-ethyl adjacent to an activating group) is 2. The van der Waals surface area contributed by atoms with E-state index in [1.165, 1.54) is 0 Å². The van der Waals surface area contributed by atoms with Gasteiger partial charge >= 0.3 is 0 Å². The molecule has 1 aliphatic rings. The minimum atomic E-state index is -0.0686. The van der Waals surface area contributed by atoms with Crippen LogP contribution >= 0.6 is 57.4 Å². The summed E-state index contributed by atoms with van der Waals surface area (Å²) in [6.07, 6.45) is 1.84. The molecule has 0 aromatic heterocycles. The fourth-order valence-corrected chi connectivity index (χ4v) is 4.56. The van der Waals surface area contributed by atoms with Crippen LogP contribution in [0.1, 0.15) is 12.5 Å². The molecule has 1 heterocycles. The van der Waals surface area contributed by atoms with E-state index in [0.717, 1.165) is 18.5 Å². The molecule has 7 heteroatoms. The molecule has 1 saturated heterocycles. The maximum atomic E-state index is 12.4. The number of thiocarbonyl (C=S) groups is 1. The van der Waals surface area contributed by atoms with Crippen molar-refractivity contribution in [2.24, 2.45) is 0 Å². The summed E-state index contributed by atoms with van der Waals surface area (Å²) in [5.74, 6) is 0.700. The molecule has 1 aromatic rings. The van der Waals surface area contributed by atoms with Gasteiger partial charge in [-0.3, -0.25) is 9.69 Å². The van der Waals surface area contributed by atoms with Gasteiger partial charge < -0.3 is 9.64 Å². The summed E-state index contributed by atoms with van der Waals surface area (Å²) in [4.78, 5) is 15.7. The molecule has 4 nitrogen and oxygen atoms in total. The molecule has 0 N–H and O–H groups in total. The third-order valence-electron chi connectivity index (χ3n) is 3.19. The summed E-state index contributed by atoms with van der Waals surface area (Å²) < 4.78 is 7.56. The lowest BCUT2D eigenvalue weighted by atomic mass is 10.1. The van der Waals surface area contributed by atoms with Crippen molar-refractivity contribution < 1.29 is 9.53 Å². The molecule has 1 amide bonds. The Labute approximate surface area is 156 Å². The van der Waals surface area contributed by atoms with E-state index in [1.807, 2.05) is 32.2 Å². The second-order valence-corrected chi connectivity index (χ2v) is 7.20. The van der Waals surface area contributed by atoms with Crippen LogP contribution in [-0.2, 0) is 4.79 Å². The number of benzene rings is 1. The van der Waals surface area contributed by atoms with Crippen molar-refractivity contribution in [3.05, 3.63) is 30.5 Å². The SMILES string of the molecule is CCN1C(=O)/C(=C/c2cc(I)cc(I)c2OC)N(C)C1=S. The number of rotatable bonds is 3. The Morgan fingerprint density at radius 3 is 2.57 bits per heavy atom. The topological polar surface area (TPSA) is 32.8 Å². The first-order chi connectivity index (χ1) is 9.90. The lowest BCUT2D eigenvalue weighted by molar-refractivity contribution is -0.122. The van der Waals surface area contributed by atoms with E-state index in [2.05, 4.69) is 45.2 Å². The molecule has 1 aromatic carbocycles. The minimum Gasteiger partial charge on any atom is -0.495 e. The molecule has 2 rings (SSSR count). The zero-order valence-corrected chi connectivity index (χ0v) is 16.9. The van der Waals surface area contributed by atoms with Crippen LogP contribution in [0.5, 0.6) is 5.75 Å². The minimum absolute atomic E-state index is 0.0686. The third kappa shape index (κ3) is 3.19. The van der Waals surface area contributed by atoms with Crippen LogP contribution < -0.4 is 4.74 Å². The number of methoxy groups -OCH3 is 1. The molecule has 0 spiro atoms. The lowest BCUT2D eigenvalue weighted by Gasteiger charge is -2.14. The van der Waals surface area contributed by atoms with Gasteiger partial charge in [-0.15, -0.1) is 0 Å². The predicted molar refractivity (Wildman–Crippen MR) is 104 cm³/mol. The molecular formula is C14H14I2N2O2S. The third-order valence-corrected chi connectivity index (χ3v) is 5.11. The standard InChI is InChI=1S/C14H14I2N2O2S/c1-4-18-13(19)11(17(2)14(18)21)6-8-5-9(15)7-10(16)12(8)20-3/h5-7H,4H2,1-3H3/b11-6-. The highest BCUT2D eigenvalue weighted by molar-refractivity contribution is 14.1. The van der Waals surface area contributed by atoms with Gasteiger partial charge in [0.25, 0.3) is 5.91 Å². The zero-order chi connectivity index (χ0) is 15.7. The molecule has 0 radical (unpaired) electrons. The van der Waals surface area contributed by atoms with Gasteiger partial charge in [0.15, 0.2) is 5.11 Å². The molecule has 1 aliphatic heterocycles. The summed E-state index contributed by atoms with van der Waals surface area (Å²) in [6, 6.07) is 4.03. The molecule has 0 atom stereocenters. The number of hydrogen-bond donors (Lipinski definition) is 0. The fraction of sp³-hybridized carbons (Fsp3) is 0.286. The van der Waals surface area contributed by atoms with Crippen molar-refractivity contribution >= 4 is 74.5 Å². The van der Waals surface area contributed by atoms with E-state index in [4.69, 9.17) is 17.0 Å². The molecular weight excluding hydrogens is 514 g/mol. The Hall–Kier alpha value is -0.420. The quantitative estimate of drug-likeness (QED) is 0.343. The van der Waals surface area contributed by atoms with E-state index in [-0.39, 0.29) is 5.91 Å². The summed E-state index contributed by atoms with van der Waals surface area (Å²) in [5, 5.41) is 0.535. The van der Waals surface area contributed by atoms with Crippen molar-refractivity contribution in [3.63, 3.8) is 0 Å². The van der Waals surface area contributed by atoms with Crippen molar-refractivity contribution in [1.29, 1.82) is 0 Å². The van der Waals surface area contributed by atoms with E-state index in [9.17, 15) is 4.79 Å². The van der Waals surface area contributed by atoms with Gasteiger partial charge in [0.05, 0.1) is 10.7 Å². The number of carbonyl (C=O) groups excluding carboxylic acids is 1.